The van der Waals surface area contributed by atoms with Crippen molar-refractivity contribution >= 4 is 44.4 Å². The summed E-state index contributed by atoms with van der Waals surface area (Å²) in [5, 5.41) is 0.208. The van der Waals surface area contributed by atoms with Crippen LogP contribution in [0.15, 0.2) is 12.1 Å². The number of nitrogens with one attached hydrogen (secondary N) is 1. The summed E-state index contributed by atoms with van der Waals surface area (Å²) in [7, 11) is 3.81. The second-order valence-corrected chi connectivity index (χ2v) is 7.62. The first-order chi connectivity index (χ1) is 12.8. The van der Waals surface area contributed by atoms with Crippen LogP contribution in [0.5, 0.6) is 0 Å². The fourth-order valence-electron chi connectivity index (χ4n) is 2.74. The number of hydrogen-bond acceptors (Lipinski definition) is 5. The molecule has 1 aliphatic heterocycles. The predicted molar refractivity (Wildman–Crippen MR) is 95.5 cm³/mol. The summed E-state index contributed by atoms with van der Waals surface area (Å²) < 4.78 is 27.7. The molecule has 144 valence electrons. The molecular formula is C17H19F2N4O3S+. The number of carbonyl (C=O) groups excluding carboxylic acids is 3. The Labute approximate surface area is 158 Å². The zero-order valence-electron chi connectivity index (χ0n) is 14.9. The van der Waals surface area contributed by atoms with Gasteiger partial charge in [0.25, 0.3) is 0 Å². The van der Waals surface area contributed by atoms with Gasteiger partial charge in [0.2, 0.25) is 17.7 Å². The number of quaternary nitrogens is 1. The topological polar surface area (TPSA) is 75.0 Å². The summed E-state index contributed by atoms with van der Waals surface area (Å²) in [4.78, 5) is 43.9. The Morgan fingerprint density at radius 3 is 2.56 bits per heavy atom. The quantitative estimate of drug-likeness (QED) is 0.707. The standard InChI is InChI=1S/C17H18F2N4O3S/c1-21(2)5-6-22(15(26)9-23-13(24)3-4-14(23)25)17-20-16-11(19)7-10(18)8-12(16)27-17/h7-8H,3-6,9H2,1-2H3/p+1. The number of aromatic nitrogens is 1. The predicted octanol–water partition coefficient (Wildman–Crippen LogP) is 0.201. The molecule has 0 atom stereocenters. The van der Waals surface area contributed by atoms with Crippen LogP contribution in [0, 0.1) is 11.6 Å². The maximum Gasteiger partial charge on any atom is 0.249 e. The van der Waals surface area contributed by atoms with E-state index < -0.39 is 17.5 Å². The molecule has 0 bridgehead atoms. The lowest BCUT2D eigenvalue weighted by Crippen LogP contribution is -3.06. The van der Waals surface area contributed by atoms with Crippen molar-refractivity contribution in [3.63, 3.8) is 0 Å². The molecule has 3 rings (SSSR count). The minimum absolute atomic E-state index is 0.0141. The van der Waals surface area contributed by atoms with Crippen molar-refractivity contribution in [1.82, 2.24) is 9.88 Å². The van der Waals surface area contributed by atoms with Crippen LogP contribution in [0.1, 0.15) is 12.8 Å². The molecule has 3 amide bonds. The lowest BCUT2D eigenvalue weighted by atomic mass is 10.3. The highest BCUT2D eigenvalue weighted by atomic mass is 32.1. The molecule has 7 nitrogen and oxygen atoms in total. The summed E-state index contributed by atoms with van der Waals surface area (Å²) >= 11 is 0.990. The van der Waals surface area contributed by atoms with Gasteiger partial charge in [-0.25, -0.2) is 13.8 Å². The average molecular weight is 397 g/mol. The number of imide groups is 1. The van der Waals surface area contributed by atoms with Crippen LogP contribution in [-0.4, -0.2) is 61.3 Å². The van der Waals surface area contributed by atoms with Crippen molar-refractivity contribution in [2.24, 2.45) is 0 Å². The Kier molecular flexibility index (Phi) is 5.47. The Morgan fingerprint density at radius 2 is 1.93 bits per heavy atom. The molecule has 0 radical (unpaired) electrons. The van der Waals surface area contributed by atoms with Crippen LogP contribution in [-0.2, 0) is 14.4 Å². The van der Waals surface area contributed by atoms with Crippen LogP contribution in [0.4, 0.5) is 13.9 Å². The number of benzene rings is 1. The molecule has 0 aliphatic carbocycles. The number of nitrogens with zero attached hydrogens (tertiary/aromatic N) is 3. The van der Waals surface area contributed by atoms with Gasteiger partial charge >= 0.3 is 0 Å². The van der Waals surface area contributed by atoms with Gasteiger partial charge in [-0.15, -0.1) is 0 Å². The second kappa shape index (κ2) is 7.65. The van der Waals surface area contributed by atoms with E-state index in [1.54, 1.807) is 0 Å². The molecule has 1 aromatic heterocycles. The van der Waals surface area contributed by atoms with Gasteiger partial charge in [-0.3, -0.25) is 24.2 Å². The summed E-state index contributed by atoms with van der Waals surface area (Å²) in [6.07, 6.45) is 0.194. The van der Waals surface area contributed by atoms with Gasteiger partial charge in [0.05, 0.1) is 31.9 Å². The van der Waals surface area contributed by atoms with E-state index in [9.17, 15) is 23.2 Å². The summed E-state index contributed by atoms with van der Waals surface area (Å²) in [5.41, 5.74) is -0.0141. The minimum Gasteiger partial charge on any atom is -0.338 e. The van der Waals surface area contributed by atoms with E-state index in [1.165, 1.54) is 4.90 Å². The molecule has 1 fully saturated rings. The lowest BCUT2D eigenvalue weighted by Gasteiger charge is -2.23. The van der Waals surface area contributed by atoms with Crippen molar-refractivity contribution in [3.05, 3.63) is 23.8 Å². The number of rotatable bonds is 6. The summed E-state index contributed by atoms with van der Waals surface area (Å²) in [5.74, 6) is -2.78. The smallest absolute Gasteiger partial charge is 0.249 e. The van der Waals surface area contributed by atoms with Gasteiger partial charge in [-0.1, -0.05) is 11.3 Å². The number of anilines is 1. The highest BCUT2D eigenvalue weighted by Gasteiger charge is 2.33. The lowest BCUT2D eigenvalue weighted by molar-refractivity contribution is -0.856. The van der Waals surface area contributed by atoms with E-state index in [4.69, 9.17) is 0 Å². The first kappa shape index (κ1) is 19.3. The first-order valence-corrected chi connectivity index (χ1v) is 9.26. The molecule has 2 heterocycles. The van der Waals surface area contributed by atoms with Gasteiger partial charge in [0.15, 0.2) is 10.9 Å². The van der Waals surface area contributed by atoms with E-state index in [0.29, 0.717) is 6.54 Å². The molecule has 2 aromatic rings. The van der Waals surface area contributed by atoms with Crippen molar-refractivity contribution in [3.8, 4) is 0 Å². The molecule has 1 saturated heterocycles. The highest BCUT2D eigenvalue weighted by Crippen LogP contribution is 2.31. The van der Waals surface area contributed by atoms with Gasteiger partial charge in [0.1, 0.15) is 17.9 Å². The van der Waals surface area contributed by atoms with Crippen molar-refractivity contribution < 1.29 is 28.1 Å². The summed E-state index contributed by atoms with van der Waals surface area (Å²) in [6.45, 7) is 0.453. The first-order valence-electron chi connectivity index (χ1n) is 8.44. The highest BCUT2D eigenvalue weighted by molar-refractivity contribution is 7.22. The monoisotopic (exact) mass is 397 g/mol. The number of carbonyl (C=O) groups is 3. The van der Waals surface area contributed by atoms with Crippen LogP contribution >= 0.6 is 11.3 Å². The molecule has 1 aromatic carbocycles. The Bertz CT molecular complexity index is 899. The van der Waals surface area contributed by atoms with E-state index >= 15 is 0 Å². The number of thiazole rings is 1. The van der Waals surface area contributed by atoms with Crippen molar-refractivity contribution in [1.29, 1.82) is 0 Å². The number of amides is 3. The second-order valence-electron chi connectivity index (χ2n) is 6.61. The molecule has 27 heavy (non-hydrogen) atoms. The molecule has 0 saturated carbocycles. The Hall–Kier alpha value is -2.46. The van der Waals surface area contributed by atoms with Gasteiger partial charge in [-0.05, 0) is 6.07 Å². The SMILES string of the molecule is C[NH+](C)CCN(C(=O)CN1C(=O)CCC1=O)c1nc2c(F)cc(F)cc2s1. The fourth-order valence-corrected chi connectivity index (χ4v) is 3.79. The normalized spacial score (nSPS) is 14.6. The third-order valence-electron chi connectivity index (χ3n) is 4.22. The maximum absolute atomic E-state index is 14.0. The van der Waals surface area contributed by atoms with E-state index in [0.717, 1.165) is 33.3 Å². The largest absolute Gasteiger partial charge is 0.338 e. The number of fused-ring (bicyclic) bond motifs is 1. The van der Waals surface area contributed by atoms with Crippen LogP contribution in [0.3, 0.4) is 0 Å². The zero-order valence-corrected chi connectivity index (χ0v) is 15.7. The number of halogens is 2. The third kappa shape index (κ3) is 4.11. The molecule has 10 heteroatoms. The van der Waals surface area contributed by atoms with Crippen molar-refractivity contribution in [2.45, 2.75) is 12.8 Å². The van der Waals surface area contributed by atoms with E-state index in [1.807, 2.05) is 14.1 Å². The van der Waals surface area contributed by atoms with E-state index in [2.05, 4.69) is 4.98 Å². The fraction of sp³-hybridized carbons (Fsp3) is 0.412. The summed E-state index contributed by atoms with van der Waals surface area (Å²) in [6, 6.07) is 1.90. The van der Waals surface area contributed by atoms with Crippen LogP contribution < -0.4 is 9.80 Å². The van der Waals surface area contributed by atoms with Crippen LogP contribution in [0.2, 0.25) is 0 Å². The molecule has 1 aliphatic rings. The maximum atomic E-state index is 14.0. The third-order valence-corrected chi connectivity index (χ3v) is 5.24. The van der Waals surface area contributed by atoms with Crippen LogP contribution in [0.25, 0.3) is 10.2 Å². The number of hydrogen-bond donors (Lipinski definition) is 1. The van der Waals surface area contributed by atoms with Crippen molar-refractivity contribution in [2.75, 3.05) is 38.6 Å². The number of likely N-dealkylation sites (N-methyl/N-ethyl adjacent to an activating group) is 1. The van der Waals surface area contributed by atoms with E-state index in [-0.39, 0.29) is 53.1 Å². The minimum atomic E-state index is -0.803. The Morgan fingerprint density at radius 1 is 1.26 bits per heavy atom. The molecular weight excluding hydrogens is 378 g/mol. The Balaban J connectivity index is 1.91. The zero-order chi connectivity index (χ0) is 19.7. The number of likely N-dealkylation sites (tertiary alicyclic amines) is 1. The van der Waals surface area contributed by atoms with Gasteiger partial charge < -0.3 is 4.90 Å². The molecule has 0 unspecified atom stereocenters. The molecule has 0 spiro atoms. The average Bonchev–Trinajstić information content (AvgIpc) is 3.13. The van der Waals surface area contributed by atoms with Gasteiger partial charge in [0, 0.05) is 18.9 Å². The molecule has 1 N–H and O–H groups in total. The van der Waals surface area contributed by atoms with Gasteiger partial charge in [-0.2, -0.15) is 0 Å².